The van der Waals surface area contributed by atoms with Gasteiger partial charge in [0.15, 0.2) is 29.8 Å². The molecule has 0 bridgehead atoms. The smallest absolute Gasteiger partial charge is 0.201 e. The number of fused-ring (bicyclic) bond motifs is 6. The van der Waals surface area contributed by atoms with Gasteiger partial charge in [0.1, 0.15) is 72.5 Å². The van der Waals surface area contributed by atoms with E-state index < -0.39 is 68.0 Å². The van der Waals surface area contributed by atoms with E-state index in [1.807, 2.05) is 0 Å². The molecule has 10 atom stereocenters. The number of ether oxygens (including phenoxy) is 8. The van der Waals surface area contributed by atoms with E-state index >= 15 is 0 Å². The number of benzene rings is 2. The second-order valence-electron chi connectivity index (χ2n) is 12.5. The van der Waals surface area contributed by atoms with Crippen LogP contribution in [-0.4, -0.2) is 126 Å². The molecule has 2 fully saturated rings. The molecular formula is C34H38O16. The zero-order valence-electron chi connectivity index (χ0n) is 27.1. The Morgan fingerprint density at radius 1 is 0.900 bits per heavy atom. The lowest BCUT2D eigenvalue weighted by molar-refractivity contribution is -0.319. The van der Waals surface area contributed by atoms with E-state index in [9.17, 15) is 35.4 Å². The lowest BCUT2D eigenvalue weighted by atomic mass is 9.97. The van der Waals surface area contributed by atoms with E-state index in [0.29, 0.717) is 62.0 Å². The molecule has 16 nitrogen and oxygen atoms in total. The summed E-state index contributed by atoms with van der Waals surface area (Å²) in [4.78, 5) is 13.9. The topological polar surface area (TPSA) is 225 Å². The minimum atomic E-state index is -1.67. The summed E-state index contributed by atoms with van der Waals surface area (Å²) in [6.07, 6.45) is -13.6. The fourth-order valence-electron chi connectivity index (χ4n) is 6.53. The molecule has 0 amide bonds. The van der Waals surface area contributed by atoms with Crippen molar-refractivity contribution < 1.29 is 73.0 Å². The molecule has 6 N–H and O–H groups in total. The van der Waals surface area contributed by atoms with Gasteiger partial charge >= 0.3 is 0 Å². The predicted molar refractivity (Wildman–Crippen MR) is 169 cm³/mol. The third kappa shape index (κ3) is 6.00. The van der Waals surface area contributed by atoms with Gasteiger partial charge in [-0.15, -0.1) is 0 Å². The highest BCUT2D eigenvalue weighted by molar-refractivity contribution is 5.89. The zero-order valence-corrected chi connectivity index (χ0v) is 27.1. The highest BCUT2D eigenvalue weighted by atomic mass is 16.7. The van der Waals surface area contributed by atoms with Crippen LogP contribution >= 0.6 is 0 Å². The third-order valence-corrected chi connectivity index (χ3v) is 9.40. The molecule has 270 valence electrons. The number of aliphatic hydroxyl groups is 6. The quantitative estimate of drug-likeness (QED) is 0.155. The van der Waals surface area contributed by atoms with E-state index in [0.717, 1.165) is 0 Å². The molecule has 16 heteroatoms. The van der Waals surface area contributed by atoms with Gasteiger partial charge in [-0.3, -0.25) is 4.79 Å². The fourth-order valence-corrected chi connectivity index (χ4v) is 6.53. The summed E-state index contributed by atoms with van der Waals surface area (Å²) < 4.78 is 51.3. The molecule has 0 aliphatic carbocycles. The zero-order chi connectivity index (χ0) is 35.4. The molecule has 2 saturated heterocycles. The van der Waals surface area contributed by atoms with Crippen molar-refractivity contribution in [1.29, 1.82) is 0 Å². The molecule has 10 unspecified atom stereocenters. The van der Waals surface area contributed by atoms with Crippen molar-refractivity contribution in [3.05, 3.63) is 58.0 Å². The summed E-state index contributed by atoms with van der Waals surface area (Å²) in [6, 6.07) is 6.67. The van der Waals surface area contributed by atoms with Crippen LogP contribution in [0.25, 0.3) is 22.1 Å². The van der Waals surface area contributed by atoms with Gasteiger partial charge in [-0.05, 0) is 23.8 Å². The molecule has 2 aromatic carbocycles. The Morgan fingerprint density at radius 3 is 2.40 bits per heavy atom. The van der Waals surface area contributed by atoms with E-state index in [2.05, 4.69) is 6.58 Å². The van der Waals surface area contributed by atoms with Crippen molar-refractivity contribution in [2.45, 2.75) is 74.4 Å². The summed E-state index contributed by atoms with van der Waals surface area (Å²) in [7, 11) is 3.01. The van der Waals surface area contributed by atoms with Gasteiger partial charge in [0.25, 0.3) is 0 Å². The number of aliphatic hydroxyl groups excluding tert-OH is 6. The van der Waals surface area contributed by atoms with E-state index in [1.54, 1.807) is 24.3 Å². The molecule has 1 aromatic heterocycles. The predicted octanol–water partition coefficient (Wildman–Crippen LogP) is -0.491. The Hall–Kier alpha value is -3.81. The first-order valence-electron chi connectivity index (χ1n) is 15.9. The number of rotatable bonds is 9. The minimum Gasteiger partial charge on any atom is -0.493 e. The molecule has 7 rings (SSSR count). The molecular weight excluding hydrogens is 664 g/mol. The molecule has 4 aliphatic heterocycles. The second-order valence-corrected chi connectivity index (χ2v) is 12.5. The van der Waals surface area contributed by atoms with Crippen LogP contribution in [0.1, 0.15) is 11.3 Å². The lowest BCUT2D eigenvalue weighted by Crippen LogP contribution is -2.60. The molecule has 5 heterocycles. The number of methoxy groups -OCH3 is 2. The average molecular weight is 703 g/mol. The van der Waals surface area contributed by atoms with Crippen LogP contribution in [0.3, 0.4) is 0 Å². The normalized spacial score (nSPS) is 31.6. The van der Waals surface area contributed by atoms with Crippen LogP contribution in [0.4, 0.5) is 0 Å². The van der Waals surface area contributed by atoms with Crippen LogP contribution in [0.2, 0.25) is 0 Å². The van der Waals surface area contributed by atoms with E-state index in [4.69, 9.17) is 42.3 Å². The van der Waals surface area contributed by atoms with Crippen molar-refractivity contribution in [3.8, 4) is 34.1 Å². The summed E-state index contributed by atoms with van der Waals surface area (Å²) in [6.45, 7) is 3.20. The lowest BCUT2D eigenvalue weighted by Gasteiger charge is -2.41. The molecule has 3 aromatic rings. The molecule has 50 heavy (non-hydrogen) atoms. The van der Waals surface area contributed by atoms with Gasteiger partial charge in [-0.2, -0.15) is 0 Å². The molecule has 0 spiro atoms. The SMILES string of the molecule is C=C(COC1OC(COC2OCC(O)C(O)C2O)C(O)C(O)C1O)C1Cc2c(ccc3c(=O)c4c(oc23)COc2cc(OC)c(OC)cc2-4)O1. The van der Waals surface area contributed by atoms with Gasteiger partial charge in [0, 0.05) is 23.6 Å². The Morgan fingerprint density at radius 2 is 1.64 bits per heavy atom. The highest BCUT2D eigenvalue weighted by Gasteiger charge is 2.46. The Balaban J connectivity index is 1.03. The molecule has 4 aliphatic rings. The van der Waals surface area contributed by atoms with Crippen LogP contribution < -0.4 is 24.4 Å². The monoisotopic (exact) mass is 702 g/mol. The summed E-state index contributed by atoms with van der Waals surface area (Å²) in [5, 5.41) is 61.5. The van der Waals surface area contributed by atoms with Gasteiger partial charge < -0.3 is 73.0 Å². The Labute approximate surface area is 284 Å². The van der Waals surface area contributed by atoms with Crippen molar-refractivity contribution >= 4 is 11.0 Å². The molecule has 0 saturated carbocycles. The van der Waals surface area contributed by atoms with Crippen molar-refractivity contribution in [3.63, 3.8) is 0 Å². The maximum Gasteiger partial charge on any atom is 0.201 e. The first-order chi connectivity index (χ1) is 24.0. The molecule has 0 radical (unpaired) electrons. The van der Waals surface area contributed by atoms with Crippen LogP contribution in [-0.2, 0) is 32.0 Å². The van der Waals surface area contributed by atoms with E-state index in [-0.39, 0.29) is 31.7 Å². The van der Waals surface area contributed by atoms with E-state index in [1.165, 1.54) is 14.2 Å². The summed E-state index contributed by atoms with van der Waals surface area (Å²) >= 11 is 0. The maximum atomic E-state index is 13.9. The maximum absolute atomic E-state index is 13.9. The highest BCUT2D eigenvalue weighted by Crippen LogP contribution is 2.45. The number of hydrogen-bond donors (Lipinski definition) is 6. The van der Waals surface area contributed by atoms with Gasteiger partial charge in [-0.1, -0.05) is 6.58 Å². The minimum absolute atomic E-state index is 0.0210. The summed E-state index contributed by atoms with van der Waals surface area (Å²) in [5.74, 6) is 2.21. The average Bonchev–Trinajstić information content (AvgIpc) is 3.57. The van der Waals surface area contributed by atoms with Gasteiger partial charge in [0.05, 0.1) is 45.0 Å². The summed E-state index contributed by atoms with van der Waals surface area (Å²) in [5.41, 5.74) is 2.11. The van der Waals surface area contributed by atoms with Crippen LogP contribution in [0, 0.1) is 0 Å². The van der Waals surface area contributed by atoms with Crippen LogP contribution in [0.5, 0.6) is 23.0 Å². The fraction of sp³-hybridized carbons (Fsp3) is 0.500. The largest absolute Gasteiger partial charge is 0.493 e. The van der Waals surface area contributed by atoms with Crippen molar-refractivity contribution in [2.24, 2.45) is 0 Å². The van der Waals surface area contributed by atoms with Gasteiger partial charge in [-0.25, -0.2) is 0 Å². The van der Waals surface area contributed by atoms with Crippen LogP contribution in [0.15, 0.2) is 45.6 Å². The van der Waals surface area contributed by atoms with Crippen molar-refractivity contribution in [2.75, 3.05) is 34.0 Å². The number of hydrogen-bond acceptors (Lipinski definition) is 16. The van der Waals surface area contributed by atoms with Crippen molar-refractivity contribution in [1.82, 2.24) is 0 Å². The first-order valence-corrected chi connectivity index (χ1v) is 15.9. The van der Waals surface area contributed by atoms with Gasteiger partial charge in [0.2, 0.25) is 5.43 Å². The standard InChI is InChI=1S/C34H38O16/c1-13(9-45-34-31(41)29(39)28(38)24(50-34)12-47-33-30(40)27(37)17(35)10-46-33)19-7-16-18(48-19)5-4-14-26(36)25-15-6-21(42-2)22(43-3)8-20(15)44-11-23(25)49-32(14)16/h4-6,8,17,19,24,27-31,33-35,37-41H,1,7,9-12H2,2-3H3. The Kier molecular flexibility index (Phi) is 9.50. The second kappa shape index (κ2) is 13.7. The first kappa shape index (κ1) is 34.6. The third-order valence-electron chi connectivity index (χ3n) is 9.40. The Bertz CT molecular complexity index is 1820.